The van der Waals surface area contributed by atoms with Gasteiger partial charge in [-0.2, -0.15) is 0 Å². The maximum Gasteiger partial charge on any atom is 0.329 e. The van der Waals surface area contributed by atoms with E-state index in [1.807, 2.05) is 6.26 Å². The number of amides is 3. The molecule has 0 spiro atoms. The lowest BCUT2D eigenvalue weighted by Crippen LogP contribution is -2.48. The van der Waals surface area contributed by atoms with E-state index >= 15 is 0 Å². The van der Waals surface area contributed by atoms with Gasteiger partial charge >= 0.3 is 5.97 Å². The Morgan fingerprint density at radius 2 is 1.97 bits per heavy atom. The second-order valence-corrected chi connectivity index (χ2v) is 10.7. The summed E-state index contributed by atoms with van der Waals surface area (Å²) < 4.78 is 5.60. The highest BCUT2D eigenvalue weighted by molar-refractivity contribution is 8.13. The molecule has 37 heavy (non-hydrogen) atoms. The topological polar surface area (TPSA) is 144 Å². The first-order chi connectivity index (χ1) is 17.5. The summed E-state index contributed by atoms with van der Waals surface area (Å²) in [5.41, 5.74) is 0.250. The monoisotopic (exact) mass is 548 g/mol. The van der Waals surface area contributed by atoms with Crippen molar-refractivity contribution in [1.29, 1.82) is 0 Å². The third-order valence-electron chi connectivity index (χ3n) is 5.13. The number of cyclic esters (lactones) is 1. The molecule has 0 unspecified atom stereocenters. The van der Waals surface area contributed by atoms with Crippen molar-refractivity contribution in [3.63, 3.8) is 0 Å². The second-order valence-electron chi connectivity index (χ2n) is 8.52. The summed E-state index contributed by atoms with van der Waals surface area (Å²) in [5.74, 6) is -2.32. The summed E-state index contributed by atoms with van der Waals surface area (Å²) in [7, 11) is 0. The molecule has 2 heterocycles. The van der Waals surface area contributed by atoms with E-state index in [9.17, 15) is 24.0 Å². The third kappa shape index (κ3) is 10.0. The number of thioether (sulfide) groups is 2. The number of nitrogens with one attached hydrogen (secondary N) is 3. The molecule has 12 heteroatoms. The van der Waals surface area contributed by atoms with E-state index in [4.69, 9.17) is 4.74 Å². The average molecular weight is 549 g/mol. The number of nitrogens with zero attached hydrogens (tertiary/aromatic N) is 1. The molecule has 10 nitrogen and oxygen atoms in total. The zero-order valence-corrected chi connectivity index (χ0v) is 22.9. The van der Waals surface area contributed by atoms with Gasteiger partial charge in [0.1, 0.15) is 17.8 Å². The van der Waals surface area contributed by atoms with E-state index in [0.29, 0.717) is 17.9 Å². The second kappa shape index (κ2) is 14.6. The van der Waals surface area contributed by atoms with Crippen LogP contribution in [0.3, 0.4) is 0 Å². The van der Waals surface area contributed by atoms with Crippen molar-refractivity contribution >= 4 is 52.3 Å². The Labute approximate surface area is 224 Å². The zero-order chi connectivity index (χ0) is 27.5. The molecular weight excluding hydrogens is 516 g/mol. The minimum atomic E-state index is -1.05. The van der Waals surface area contributed by atoms with Crippen molar-refractivity contribution in [2.75, 3.05) is 12.0 Å². The quantitative estimate of drug-likeness (QED) is 0.160. The average Bonchev–Trinajstić information content (AvgIpc) is 2.84. The summed E-state index contributed by atoms with van der Waals surface area (Å²) in [6, 6.07) is 2.26. The Morgan fingerprint density at radius 3 is 2.62 bits per heavy atom. The van der Waals surface area contributed by atoms with Crippen LogP contribution in [0, 0.1) is 5.92 Å². The highest BCUT2D eigenvalue weighted by Gasteiger charge is 2.29. The standard InChI is InChI=1S/C25H32N4O6S2/c1-14(2)22-25(34)35-18(8-6-7-9-37-16(4)30)11-21(31)26-13-17-10-19(36-5)12-20(28-17)24(33)27-15(3)23(32)29-22/h6,8,10,12,14,18,22H,3,7,9,11,13H2,1-2,4-5H3,(H,26,31)(H,27,33)(H,29,32)/b8-6+/t18-,22+/m1/s1. The SMILES string of the molecule is C=C1NC(=O)c2cc(SC)cc(n2)CNC(=O)C[C@@H](/C=C/CCSC(C)=O)OC(=O)[C@H](C(C)C)NC1=O. The molecule has 1 aliphatic rings. The number of carbonyl (C=O) groups is 5. The van der Waals surface area contributed by atoms with Crippen molar-refractivity contribution in [2.24, 2.45) is 5.92 Å². The molecule has 3 amide bonds. The fourth-order valence-corrected chi connectivity index (χ4v) is 4.23. The molecule has 1 aromatic heterocycles. The number of ether oxygens (including phenoxy) is 1. The maximum absolute atomic E-state index is 13.0. The maximum atomic E-state index is 13.0. The molecule has 1 aliphatic heterocycles. The van der Waals surface area contributed by atoms with Crippen LogP contribution in [0.5, 0.6) is 0 Å². The van der Waals surface area contributed by atoms with E-state index < -0.39 is 35.8 Å². The molecule has 0 fully saturated rings. The van der Waals surface area contributed by atoms with Crippen LogP contribution >= 0.6 is 23.5 Å². The lowest BCUT2D eigenvalue weighted by atomic mass is 10.0. The predicted molar refractivity (Wildman–Crippen MR) is 143 cm³/mol. The Balaban J connectivity index is 2.35. The Morgan fingerprint density at radius 1 is 1.24 bits per heavy atom. The number of allylic oxidation sites excluding steroid dienone is 1. The molecule has 3 N–H and O–H groups in total. The highest BCUT2D eigenvalue weighted by Crippen LogP contribution is 2.18. The van der Waals surface area contributed by atoms with Gasteiger partial charge in [-0.25, -0.2) is 9.78 Å². The van der Waals surface area contributed by atoms with Crippen molar-refractivity contribution in [3.05, 3.63) is 47.9 Å². The number of aromatic nitrogens is 1. The van der Waals surface area contributed by atoms with E-state index in [1.54, 1.807) is 38.1 Å². The fraction of sp³-hybridized carbons (Fsp3) is 0.440. The molecule has 0 aromatic carbocycles. The molecule has 0 aliphatic carbocycles. The van der Waals surface area contributed by atoms with Gasteiger partial charge in [0.15, 0.2) is 5.12 Å². The number of carbonyl (C=O) groups excluding carboxylic acids is 5. The van der Waals surface area contributed by atoms with Gasteiger partial charge in [-0.05, 0) is 36.8 Å². The zero-order valence-electron chi connectivity index (χ0n) is 21.3. The molecule has 0 saturated heterocycles. The smallest absolute Gasteiger partial charge is 0.329 e. The van der Waals surface area contributed by atoms with Crippen LogP contribution in [-0.4, -0.2) is 57.9 Å². The van der Waals surface area contributed by atoms with Crippen molar-refractivity contribution in [1.82, 2.24) is 20.9 Å². The molecule has 200 valence electrons. The summed E-state index contributed by atoms with van der Waals surface area (Å²) >= 11 is 2.57. The summed E-state index contributed by atoms with van der Waals surface area (Å²) in [5, 5.41) is 7.71. The van der Waals surface area contributed by atoms with Gasteiger partial charge < -0.3 is 20.7 Å². The van der Waals surface area contributed by atoms with Gasteiger partial charge in [0.05, 0.1) is 24.4 Å². The number of hydrogen-bond donors (Lipinski definition) is 3. The number of rotatable bonds is 6. The Bertz CT molecular complexity index is 1090. The number of fused-ring (bicyclic) bond motifs is 2. The molecule has 2 atom stereocenters. The number of esters is 1. The van der Waals surface area contributed by atoms with Crippen LogP contribution in [0.2, 0.25) is 0 Å². The third-order valence-corrected chi connectivity index (χ3v) is 6.68. The molecule has 1 aromatic rings. The highest BCUT2D eigenvalue weighted by atomic mass is 32.2. The van der Waals surface area contributed by atoms with Gasteiger partial charge in [-0.15, -0.1) is 11.8 Å². The summed E-state index contributed by atoms with van der Waals surface area (Å²) in [4.78, 5) is 67.3. The molecule has 2 rings (SSSR count). The van der Waals surface area contributed by atoms with Gasteiger partial charge in [0.2, 0.25) is 5.91 Å². The lowest BCUT2D eigenvalue weighted by molar-refractivity contribution is -0.153. The van der Waals surface area contributed by atoms with Gasteiger partial charge in [0.25, 0.3) is 11.8 Å². The molecule has 2 bridgehead atoms. The van der Waals surface area contributed by atoms with Crippen molar-refractivity contribution in [2.45, 2.75) is 57.2 Å². The summed E-state index contributed by atoms with van der Waals surface area (Å²) in [6.45, 7) is 8.60. The van der Waals surface area contributed by atoms with Crippen LogP contribution in [0.4, 0.5) is 0 Å². The lowest BCUT2D eigenvalue weighted by Gasteiger charge is -2.24. The number of hydrogen-bond acceptors (Lipinski definition) is 9. The molecular formula is C25H32N4O6S2. The van der Waals surface area contributed by atoms with Crippen molar-refractivity contribution < 1.29 is 28.7 Å². The fourth-order valence-electron chi connectivity index (χ4n) is 3.20. The Hall–Kier alpha value is -3.12. The largest absolute Gasteiger partial charge is 0.456 e. The minimum absolute atomic E-state index is 0.000446. The van der Waals surface area contributed by atoms with E-state index in [0.717, 1.165) is 4.90 Å². The first-order valence-electron chi connectivity index (χ1n) is 11.6. The molecule has 0 saturated carbocycles. The van der Waals surface area contributed by atoms with E-state index in [-0.39, 0.29) is 35.4 Å². The van der Waals surface area contributed by atoms with E-state index in [2.05, 4.69) is 27.5 Å². The Kier molecular flexibility index (Phi) is 11.9. The normalized spacial score (nSPS) is 19.9. The minimum Gasteiger partial charge on any atom is -0.456 e. The van der Waals surface area contributed by atoms with Crippen LogP contribution in [0.15, 0.2) is 41.5 Å². The predicted octanol–water partition coefficient (Wildman–Crippen LogP) is 2.35. The summed E-state index contributed by atoms with van der Waals surface area (Å²) in [6.07, 6.45) is 4.66. The van der Waals surface area contributed by atoms with Gasteiger partial charge in [-0.3, -0.25) is 19.2 Å². The van der Waals surface area contributed by atoms with Gasteiger partial charge in [0, 0.05) is 17.6 Å². The van der Waals surface area contributed by atoms with Gasteiger partial charge in [-0.1, -0.05) is 38.3 Å². The van der Waals surface area contributed by atoms with E-state index in [1.165, 1.54) is 30.4 Å². The van der Waals surface area contributed by atoms with Crippen LogP contribution in [0.25, 0.3) is 0 Å². The first-order valence-corrected chi connectivity index (χ1v) is 13.8. The van der Waals surface area contributed by atoms with Crippen LogP contribution < -0.4 is 16.0 Å². The van der Waals surface area contributed by atoms with Crippen LogP contribution in [0.1, 0.15) is 49.8 Å². The molecule has 0 radical (unpaired) electrons. The van der Waals surface area contributed by atoms with Crippen LogP contribution in [-0.2, 0) is 30.5 Å². The first kappa shape index (κ1) is 30.1. The van der Waals surface area contributed by atoms with Crippen molar-refractivity contribution in [3.8, 4) is 0 Å². The number of pyridine rings is 1.